The number of rotatable bonds is 14. The lowest BCUT2D eigenvalue weighted by atomic mass is 9.79. The fourth-order valence-electron chi connectivity index (χ4n) is 21.0. The second kappa shape index (κ2) is 46.7. The van der Waals surface area contributed by atoms with E-state index in [9.17, 15) is 33.6 Å². The Balaban J connectivity index is 0.000000174. The molecule has 0 aliphatic carbocycles. The third-order valence-corrected chi connectivity index (χ3v) is 31.6. The zero-order chi connectivity index (χ0) is 88.0. The Morgan fingerprint density at radius 2 is 0.433 bits per heavy atom. The summed E-state index contributed by atoms with van der Waals surface area (Å²) in [6, 6.07) is 0. The summed E-state index contributed by atoms with van der Waals surface area (Å²) >= 11 is 0. The number of hydrogen-bond donors (Lipinski definition) is 0. The molecule has 0 aromatic heterocycles. The molecule has 14 aliphatic rings. The fourth-order valence-corrected chi connectivity index (χ4v) is 21.0. The predicted octanol–water partition coefficient (Wildman–Crippen LogP) is 17.0. The zero-order valence-corrected chi connectivity index (χ0v) is 80.3. The summed E-state index contributed by atoms with van der Waals surface area (Å²) in [5, 5.41) is 0. The minimum Gasteiger partial charge on any atom is -0.381 e. The van der Waals surface area contributed by atoms with E-state index in [1.807, 2.05) is 47.3 Å². The normalized spacial score (nSPS) is 29.5. The summed E-state index contributed by atoms with van der Waals surface area (Å²) in [6.45, 7) is 66.9. The summed E-state index contributed by atoms with van der Waals surface area (Å²) < 4.78 is 38.3. The SMILES string of the molecule is CC(C)C1CCN(C(=O)C2(C)CCCCO2)CC1.CC(C)C1CCN(C(=O)C2(C)CCCO2)CC1.CC(C)C1CCN(C(=O)C2(C)CCCOC2)CC1.CC(C)C1CCN(C(=O)C2(C)CCO2)CC1.CC(C)C1CCN(C(=O)C2(C)CCOC2)CC1.CC(C)C1CCN(C(=O)C2(C)CCOCC2)CC1.CC(C)C1CCN(C(=O)C2(C)COC2)CC1. The van der Waals surface area contributed by atoms with E-state index in [0.29, 0.717) is 50.1 Å². The summed E-state index contributed by atoms with van der Waals surface area (Å²) in [5.41, 5.74) is -2.45. The Labute approximate surface area is 730 Å². The highest BCUT2D eigenvalue weighted by Gasteiger charge is 2.49. The highest BCUT2D eigenvalue weighted by atomic mass is 16.5. The van der Waals surface area contributed by atoms with Crippen molar-refractivity contribution < 1.29 is 66.7 Å². The van der Waals surface area contributed by atoms with Crippen molar-refractivity contribution in [1.82, 2.24) is 34.3 Å². The summed E-state index contributed by atoms with van der Waals surface area (Å²) in [5.74, 6) is 12.8. The van der Waals surface area contributed by atoms with Crippen molar-refractivity contribution in [3.63, 3.8) is 0 Å². The van der Waals surface area contributed by atoms with Crippen molar-refractivity contribution in [3.8, 4) is 0 Å². The first-order valence-corrected chi connectivity index (χ1v) is 49.0. The maximum atomic E-state index is 12.6. The third kappa shape index (κ3) is 28.0. The largest absolute Gasteiger partial charge is 0.381 e. The van der Waals surface area contributed by atoms with Crippen LogP contribution in [0.1, 0.15) is 306 Å². The fraction of sp³-hybridized carbons (Fsp3) is 0.929. The number of ether oxygens (including phenoxy) is 7. The minimum absolute atomic E-state index is 0.164. The average Bonchev–Trinajstić information content (AvgIpc) is 1.03. The van der Waals surface area contributed by atoms with Crippen molar-refractivity contribution in [2.45, 2.75) is 323 Å². The molecule has 14 heterocycles. The smallest absolute Gasteiger partial charge is 0.254 e. The molecular weight excluding hydrogens is 1510 g/mol. The molecule has 5 atom stereocenters. The van der Waals surface area contributed by atoms with Crippen LogP contribution < -0.4 is 0 Å². The Morgan fingerprint density at radius 3 is 0.667 bits per heavy atom. The molecule has 21 heteroatoms. The van der Waals surface area contributed by atoms with Crippen LogP contribution in [-0.4, -0.2) is 257 Å². The Hall–Kier alpha value is -3.99. The van der Waals surface area contributed by atoms with Crippen LogP contribution in [0.25, 0.3) is 0 Å². The van der Waals surface area contributed by atoms with Gasteiger partial charge in [-0.15, -0.1) is 0 Å². The van der Waals surface area contributed by atoms with Crippen molar-refractivity contribution in [1.29, 1.82) is 0 Å². The van der Waals surface area contributed by atoms with Gasteiger partial charge in [0.05, 0.1) is 54.7 Å². The van der Waals surface area contributed by atoms with Gasteiger partial charge < -0.3 is 67.5 Å². The molecule has 14 aliphatic heterocycles. The van der Waals surface area contributed by atoms with Crippen LogP contribution in [-0.2, 0) is 66.7 Å². The molecule has 0 bridgehead atoms. The van der Waals surface area contributed by atoms with Gasteiger partial charge in [0.15, 0.2) is 0 Å². The molecule has 0 N–H and O–H groups in total. The van der Waals surface area contributed by atoms with Crippen LogP contribution in [0.3, 0.4) is 0 Å². The van der Waals surface area contributed by atoms with Crippen molar-refractivity contribution in [2.24, 2.45) is 105 Å². The van der Waals surface area contributed by atoms with E-state index in [2.05, 4.69) is 132 Å². The van der Waals surface area contributed by atoms with Gasteiger partial charge >= 0.3 is 0 Å². The van der Waals surface area contributed by atoms with Crippen LogP contribution in [0, 0.1) is 105 Å². The van der Waals surface area contributed by atoms with Gasteiger partial charge in [-0.2, -0.15) is 0 Å². The van der Waals surface area contributed by atoms with E-state index in [-0.39, 0.29) is 39.4 Å². The van der Waals surface area contributed by atoms with E-state index in [1.165, 1.54) is 51.4 Å². The van der Waals surface area contributed by atoms with Crippen LogP contribution in [0.2, 0.25) is 0 Å². The van der Waals surface area contributed by atoms with Gasteiger partial charge in [0.25, 0.3) is 17.7 Å². The first-order valence-electron chi connectivity index (χ1n) is 49.0. The molecule has 21 nitrogen and oxygen atoms in total. The molecule has 14 saturated heterocycles. The maximum absolute atomic E-state index is 12.6. The highest BCUT2D eigenvalue weighted by molar-refractivity contribution is 5.87. The lowest BCUT2D eigenvalue weighted by Gasteiger charge is -2.43. The molecule has 0 spiro atoms. The third-order valence-electron chi connectivity index (χ3n) is 31.6. The lowest BCUT2D eigenvalue weighted by molar-refractivity contribution is -0.183. The molecule has 692 valence electrons. The first-order chi connectivity index (χ1) is 56.7. The quantitative estimate of drug-likeness (QED) is 0.159. The predicted molar refractivity (Wildman–Crippen MR) is 479 cm³/mol. The van der Waals surface area contributed by atoms with Crippen LogP contribution in [0.15, 0.2) is 0 Å². The Bertz CT molecular complexity index is 2820. The van der Waals surface area contributed by atoms with E-state index in [4.69, 9.17) is 33.2 Å². The van der Waals surface area contributed by atoms with Crippen LogP contribution >= 0.6 is 0 Å². The summed E-state index contributed by atoms with van der Waals surface area (Å²) in [4.78, 5) is 101. The van der Waals surface area contributed by atoms with Crippen molar-refractivity contribution in [2.75, 3.05) is 164 Å². The summed E-state index contributed by atoms with van der Waals surface area (Å²) in [6.07, 6.45) is 26.8. The van der Waals surface area contributed by atoms with Crippen molar-refractivity contribution in [3.05, 3.63) is 0 Å². The first kappa shape index (κ1) is 101. The number of nitrogens with zero attached hydrogens (tertiary/aromatic N) is 7. The van der Waals surface area contributed by atoms with Gasteiger partial charge in [-0.25, -0.2) is 0 Å². The number of carbonyl (C=O) groups excluding carboxylic acids is 7. The molecule has 0 radical (unpaired) electrons. The van der Waals surface area contributed by atoms with Gasteiger partial charge in [-0.1, -0.05) is 104 Å². The van der Waals surface area contributed by atoms with Gasteiger partial charge in [0.2, 0.25) is 23.6 Å². The van der Waals surface area contributed by atoms with E-state index in [0.717, 1.165) is 330 Å². The van der Waals surface area contributed by atoms with Crippen molar-refractivity contribution >= 4 is 41.4 Å². The second-order valence-corrected chi connectivity index (χ2v) is 43.5. The minimum atomic E-state index is -0.539. The van der Waals surface area contributed by atoms with E-state index >= 15 is 0 Å². The number of carbonyl (C=O) groups is 7. The van der Waals surface area contributed by atoms with Gasteiger partial charge in [0.1, 0.15) is 16.8 Å². The van der Waals surface area contributed by atoms with Gasteiger partial charge in [-0.3, -0.25) is 33.6 Å². The number of hydrogen-bond acceptors (Lipinski definition) is 14. The van der Waals surface area contributed by atoms with Crippen LogP contribution in [0.4, 0.5) is 0 Å². The van der Waals surface area contributed by atoms with Crippen LogP contribution in [0.5, 0.6) is 0 Å². The Kier molecular flexibility index (Phi) is 39.4. The average molecular weight is 1690 g/mol. The van der Waals surface area contributed by atoms with Gasteiger partial charge in [0, 0.05) is 138 Å². The number of amides is 7. The molecule has 0 aromatic rings. The molecule has 5 unspecified atom stereocenters. The monoisotopic (exact) mass is 1690 g/mol. The molecule has 0 aromatic carbocycles. The topological polar surface area (TPSA) is 207 Å². The number of likely N-dealkylation sites (tertiary alicyclic amines) is 7. The zero-order valence-electron chi connectivity index (χ0n) is 80.3. The number of piperidine rings is 7. The maximum Gasteiger partial charge on any atom is 0.254 e. The second-order valence-electron chi connectivity index (χ2n) is 43.5. The standard InChI is InChI=1S/3C15H27NO2.2C14H25NO2.2C13H23NO2/c1-12(2)13-4-8-16(9-5-13)14(17)15(3)6-10-18-11-7-15;1-12(2)13-5-8-16(9-6-13)14(17)15(3)7-4-10-18-11-15;1-12(2)13-6-9-16(10-7-13)14(17)15(3)8-4-5-11-18-15;1-11(2)12-4-7-15(8-5-12)13(16)14(3)6-9-17-10-14;1-11(2)12-5-8-15(9-6-12)13(16)14(3)7-4-10-17-14;1-10(2)11-4-7-14(8-5-11)12(15)13(3)6-9-16-13;1-10(2)11-4-6-14(7-5-11)12(15)13(3)8-16-9-13/h3*12-13H,4-11H2,1-3H3;2*11-12H,4-10H2,1-3H3;2*10-11H,4-9H2,1-3H3. The molecule has 14 fully saturated rings. The van der Waals surface area contributed by atoms with E-state index < -0.39 is 16.8 Å². The van der Waals surface area contributed by atoms with Gasteiger partial charge in [-0.05, 0) is 278 Å². The summed E-state index contributed by atoms with van der Waals surface area (Å²) in [7, 11) is 0. The molecule has 7 amide bonds. The molecule has 0 saturated carbocycles. The Morgan fingerprint density at radius 1 is 0.217 bits per heavy atom. The van der Waals surface area contributed by atoms with E-state index in [1.54, 1.807) is 0 Å². The molecule has 14 rings (SSSR count). The molecular formula is C99H177N7O14. The lowest BCUT2D eigenvalue weighted by Crippen LogP contribution is -2.56. The highest BCUT2D eigenvalue weighted by Crippen LogP contribution is 2.41. The molecule has 120 heavy (non-hydrogen) atoms.